The fourth-order valence-corrected chi connectivity index (χ4v) is 5.75. The third kappa shape index (κ3) is 4.84. The monoisotopic (exact) mass is 529 g/mol. The molecule has 0 saturated heterocycles. The van der Waals surface area contributed by atoms with Crippen LogP contribution < -0.4 is 15.4 Å². The number of carbonyl (C=O) groups is 2. The van der Waals surface area contributed by atoms with Gasteiger partial charge in [-0.05, 0) is 49.1 Å². The van der Waals surface area contributed by atoms with Gasteiger partial charge in [0.25, 0.3) is 11.8 Å². The number of hydrogen-bond acceptors (Lipinski definition) is 8. The molecule has 1 aliphatic carbocycles. The lowest BCUT2D eigenvalue weighted by atomic mass is 10.1. The smallest absolute Gasteiger partial charge is 0.267 e. The Morgan fingerprint density at radius 3 is 2.71 bits per heavy atom. The van der Waals surface area contributed by atoms with Gasteiger partial charge in [-0.3, -0.25) is 9.59 Å². The molecule has 3 N–H and O–H groups in total. The van der Waals surface area contributed by atoms with Crippen LogP contribution in [0.4, 0.5) is 10.8 Å². The molecule has 3 heterocycles. The number of carbonyl (C=O) groups excluding carboxylic acids is 2. The van der Waals surface area contributed by atoms with Crippen LogP contribution in [0.25, 0.3) is 0 Å². The van der Waals surface area contributed by atoms with Crippen LogP contribution in [-0.2, 0) is 25.8 Å². The number of ether oxygens (including phenoxy) is 1. The summed E-state index contributed by atoms with van der Waals surface area (Å²) >= 11 is 1.31. The van der Waals surface area contributed by atoms with Crippen LogP contribution in [0.1, 0.15) is 49.5 Å². The Morgan fingerprint density at radius 2 is 1.92 bits per heavy atom. The molecule has 0 unspecified atom stereocenters. The first-order valence-electron chi connectivity index (χ1n) is 12.6. The Kier molecular flexibility index (Phi) is 6.50. The van der Waals surface area contributed by atoms with E-state index in [9.17, 15) is 9.59 Å². The van der Waals surface area contributed by atoms with E-state index in [1.54, 1.807) is 29.3 Å². The molecule has 194 valence electrons. The average molecular weight is 530 g/mol. The van der Waals surface area contributed by atoms with Crippen molar-refractivity contribution < 1.29 is 14.3 Å². The van der Waals surface area contributed by atoms with E-state index in [0.29, 0.717) is 53.1 Å². The fraction of sp³-hybridized carbons (Fsp3) is 0.296. The summed E-state index contributed by atoms with van der Waals surface area (Å²) < 4.78 is 5.73. The second-order valence-corrected chi connectivity index (χ2v) is 10.4. The van der Waals surface area contributed by atoms with Crippen LogP contribution >= 0.6 is 11.3 Å². The van der Waals surface area contributed by atoms with E-state index in [0.717, 1.165) is 24.2 Å². The molecule has 0 atom stereocenters. The minimum Gasteiger partial charge on any atom is -0.492 e. The van der Waals surface area contributed by atoms with Crippen molar-refractivity contribution in [3.63, 3.8) is 0 Å². The quantitative estimate of drug-likeness (QED) is 0.333. The van der Waals surface area contributed by atoms with Crippen molar-refractivity contribution >= 4 is 34.0 Å². The maximum absolute atomic E-state index is 13.3. The molecule has 11 heteroatoms. The van der Waals surface area contributed by atoms with Gasteiger partial charge in [0.05, 0.1) is 30.7 Å². The number of fused-ring (bicyclic) bond motifs is 2. The topological polar surface area (TPSA) is 125 Å². The normalized spacial score (nSPS) is 14.6. The second-order valence-electron chi connectivity index (χ2n) is 9.34. The van der Waals surface area contributed by atoms with E-state index in [1.165, 1.54) is 22.5 Å². The summed E-state index contributed by atoms with van der Waals surface area (Å²) in [5.41, 5.74) is 5.27. The van der Waals surface area contributed by atoms with E-state index in [1.807, 2.05) is 6.92 Å². The molecule has 0 fully saturated rings. The number of nitrogens with zero attached hydrogens (tertiary/aromatic N) is 4. The van der Waals surface area contributed by atoms with E-state index in [4.69, 9.17) is 4.74 Å². The minimum atomic E-state index is -0.305. The molecule has 0 bridgehead atoms. The Bertz CT molecular complexity index is 1470. The summed E-state index contributed by atoms with van der Waals surface area (Å²) in [5, 5.41) is 18.0. The first kappa shape index (κ1) is 24.1. The summed E-state index contributed by atoms with van der Waals surface area (Å²) in [6, 6.07) is 13.8. The fourth-order valence-electron chi connectivity index (χ4n) is 4.97. The van der Waals surface area contributed by atoms with Crippen molar-refractivity contribution in [2.24, 2.45) is 0 Å². The highest BCUT2D eigenvalue weighted by Crippen LogP contribution is 2.30. The van der Waals surface area contributed by atoms with E-state index in [2.05, 4.69) is 55.3 Å². The van der Waals surface area contributed by atoms with Crippen LogP contribution in [0.5, 0.6) is 5.75 Å². The van der Waals surface area contributed by atoms with Crippen molar-refractivity contribution in [2.45, 2.75) is 38.8 Å². The van der Waals surface area contributed by atoms with Gasteiger partial charge < -0.3 is 20.3 Å². The van der Waals surface area contributed by atoms with Gasteiger partial charge >= 0.3 is 0 Å². The van der Waals surface area contributed by atoms with Crippen molar-refractivity contribution in [2.75, 3.05) is 23.8 Å². The van der Waals surface area contributed by atoms with E-state index < -0.39 is 0 Å². The lowest BCUT2D eigenvalue weighted by Crippen LogP contribution is -2.36. The standard InChI is InChI=1S/C27H27N7O3S/c1-2-37-23-8-7-18(26(36)34-10-9-20-22(15-34)32-33-31-20)13-21(23)30-25(35)24-14-28-27(38-24)29-19-11-16-5-3-4-6-17(16)12-19/h3-8,13-14,19H,2,9-12,15H2,1H3,(H,28,29)(H,30,35)(H,31,32,33). The molecular formula is C27H27N7O3S. The minimum absolute atomic E-state index is 0.140. The number of anilines is 2. The van der Waals surface area contributed by atoms with E-state index in [-0.39, 0.29) is 17.9 Å². The third-order valence-electron chi connectivity index (χ3n) is 6.83. The molecule has 0 radical (unpaired) electrons. The van der Waals surface area contributed by atoms with Crippen LogP contribution in [0.3, 0.4) is 0 Å². The Hall–Kier alpha value is -4.25. The van der Waals surface area contributed by atoms with Crippen LogP contribution in [0.2, 0.25) is 0 Å². The zero-order chi connectivity index (χ0) is 26.1. The second kappa shape index (κ2) is 10.3. The van der Waals surface area contributed by atoms with Gasteiger partial charge in [-0.25, -0.2) is 4.98 Å². The molecule has 2 aliphatic rings. The molecular weight excluding hydrogens is 502 g/mol. The number of hydrogen-bond donors (Lipinski definition) is 3. The van der Waals surface area contributed by atoms with Gasteiger partial charge in [0.2, 0.25) is 0 Å². The Morgan fingerprint density at radius 1 is 1.13 bits per heavy atom. The molecule has 0 saturated carbocycles. The number of amides is 2. The highest BCUT2D eigenvalue weighted by molar-refractivity contribution is 7.17. The number of benzene rings is 2. The highest BCUT2D eigenvalue weighted by atomic mass is 32.1. The number of rotatable bonds is 7. The van der Waals surface area contributed by atoms with Crippen LogP contribution in [-0.4, -0.2) is 56.3 Å². The summed E-state index contributed by atoms with van der Waals surface area (Å²) in [6.45, 7) is 3.24. The predicted octanol–water partition coefficient (Wildman–Crippen LogP) is 3.69. The summed E-state index contributed by atoms with van der Waals surface area (Å²) in [6.07, 6.45) is 4.09. The highest BCUT2D eigenvalue weighted by Gasteiger charge is 2.26. The zero-order valence-electron chi connectivity index (χ0n) is 20.9. The van der Waals surface area contributed by atoms with Gasteiger partial charge in [0, 0.05) is 24.6 Å². The molecule has 6 rings (SSSR count). The SMILES string of the molecule is CCOc1ccc(C(=O)N2CCc3n[nH]nc3C2)cc1NC(=O)c1cnc(NC2Cc3ccccc3C2)s1. The van der Waals surface area contributed by atoms with Crippen molar-refractivity contribution in [1.29, 1.82) is 0 Å². The maximum atomic E-state index is 13.3. The van der Waals surface area contributed by atoms with Crippen LogP contribution in [0, 0.1) is 0 Å². The first-order valence-corrected chi connectivity index (χ1v) is 13.4. The summed E-state index contributed by atoms with van der Waals surface area (Å²) in [4.78, 5) is 33.0. The number of aromatic nitrogens is 4. The molecule has 10 nitrogen and oxygen atoms in total. The van der Waals surface area contributed by atoms with Gasteiger partial charge in [-0.15, -0.1) is 0 Å². The zero-order valence-corrected chi connectivity index (χ0v) is 21.7. The van der Waals surface area contributed by atoms with Gasteiger partial charge in [0.1, 0.15) is 16.3 Å². The van der Waals surface area contributed by atoms with Crippen LogP contribution in [0.15, 0.2) is 48.7 Å². The van der Waals surface area contributed by atoms with Crippen molar-refractivity contribution in [3.8, 4) is 5.75 Å². The molecule has 38 heavy (non-hydrogen) atoms. The number of nitrogens with one attached hydrogen (secondary N) is 3. The average Bonchev–Trinajstić information content (AvgIpc) is 3.68. The largest absolute Gasteiger partial charge is 0.492 e. The maximum Gasteiger partial charge on any atom is 0.267 e. The van der Waals surface area contributed by atoms with Gasteiger partial charge in [0.15, 0.2) is 5.13 Å². The number of aromatic amines is 1. The summed E-state index contributed by atoms with van der Waals surface area (Å²) in [7, 11) is 0. The Labute approximate surface area is 223 Å². The van der Waals surface area contributed by atoms with E-state index >= 15 is 0 Å². The number of H-pyrrole nitrogens is 1. The lowest BCUT2D eigenvalue weighted by molar-refractivity contribution is 0.0731. The molecule has 1 aliphatic heterocycles. The predicted molar refractivity (Wildman–Crippen MR) is 144 cm³/mol. The van der Waals surface area contributed by atoms with Gasteiger partial charge in [-0.1, -0.05) is 35.6 Å². The summed E-state index contributed by atoms with van der Waals surface area (Å²) in [5.74, 6) is 0.0569. The molecule has 4 aromatic rings. The van der Waals surface area contributed by atoms with Gasteiger partial charge in [-0.2, -0.15) is 15.4 Å². The third-order valence-corrected chi connectivity index (χ3v) is 7.76. The van der Waals surface area contributed by atoms with Crippen molar-refractivity contribution in [3.05, 3.63) is 81.6 Å². The first-order chi connectivity index (χ1) is 18.6. The molecule has 2 aromatic carbocycles. The molecule has 2 amide bonds. The molecule has 0 spiro atoms. The molecule has 2 aromatic heterocycles. The lowest BCUT2D eigenvalue weighted by Gasteiger charge is -2.25. The number of thiazole rings is 1. The van der Waals surface area contributed by atoms with Crippen molar-refractivity contribution in [1.82, 2.24) is 25.3 Å². The Balaban J connectivity index is 1.15.